The number of halogens is 3. The molecular formula is C20H28F3N3O4. The van der Waals surface area contributed by atoms with E-state index < -0.39 is 18.7 Å². The van der Waals surface area contributed by atoms with Crippen molar-refractivity contribution < 1.29 is 32.2 Å². The lowest BCUT2D eigenvalue weighted by Crippen LogP contribution is -2.43. The third kappa shape index (κ3) is 8.48. The number of nitrogens with one attached hydrogen (secondary N) is 3. The van der Waals surface area contributed by atoms with Crippen LogP contribution in [0.4, 0.5) is 13.2 Å². The smallest absolute Gasteiger partial charge is 0.422 e. The summed E-state index contributed by atoms with van der Waals surface area (Å²) in [6.07, 6.45) is -1.43. The monoisotopic (exact) mass is 431 g/mol. The van der Waals surface area contributed by atoms with Crippen LogP contribution in [0.3, 0.4) is 0 Å². The molecule has 0 bridgehead atoms. The lowest BCUT2D eigenvalue weighted by Gasteiger charge is -2.24. The minimum Gasteiger partial charge on any atom is -0.484 e. The number of benzene rings is 1. The van der Waals surface area contributed by atoms with Crippen LogP contribution in [-0.4, -0.2) is 56.4 Å². The van der Waals surface area contributed by atoms with Crippen molar-refractivity contribution >= 4 is 11.8 Å². The maximum absolute atomic E-state index is 12.7. The van der Waals surface area contributed by atoms with Crippen LogP contribution >= 0.6 is 0 Å². The molecule has 10 heteroatoms. The van der Waals surface area contributed by atoms with E-state index in [0.717, 1.165) is 25.8 Å². The Kier molecular flexibility index (Phi) is 8.76. The highest BCUT2D eigenvalue weighted by Crippen LogP contribution is 2.26. The second kappa shape index (κ2) is 11.1. The average Bonchev–Trinajstić information content (AvgIpc) is 2.69. The van der Waals surface area contributed by atoms with Gasteiger partial charge in [0.1, 0.15) is 11.5 Å². The van der Waals surface area contributed by atoms with Gasteiger partial charge in [0.15, 0.2) is 13.2 Å². The first-order valence-corrected chi connectivity index (χ1v) is 9.91. The lowest BCUT2D eigenvalue weighted by atomic mass is 10.0. The number of hydrogen-bond donors (Lipinski definition) is 3. The Morgan fingerprint density at radius 3 is 2.63 bits per heavy atom. The molecule has 0 aromatic heterocycles. The first-order valence-electron chi connectivity index (χ1n) is 9.91. The molecule has 0 saturated carbocycles. The van der Waals surface area contributed by atoms with Gasteiger partial charge in [-0.1, -0.05) is 6.42 Å². The molecule has 2 amide bonds. The van der Waals surface area contributed by atoms with Crippen molar-refractivity contribution in [2.75, 3.05) is 26.3 Å². The van der Waals surface area contributed by atoms with Gasteiger partial charge in [0.05, 0.1) is 5.56 Å². The molecule has 1 unspecified atom stereocenters. The molecule has 0 spiro atoms. The van der Waals surface area contributed by atoms with Crippen molar-refractivity contribution in [2.45, 2.75) is 51.4 Å². The lowest BCUT2D eigenvalue weighted by molar-refractivity contribution is -0.153. The van der Waals surface area contributed by atoms with Crippen molar-refractivity contribution in [1.82, 2.24) is 16.0 Å². The third-order valence-electron chi connectivity index (χ3n) is 4.33. The van der Waals surface area contributed by atoms with E-state index >= 15 is 0 Å². The highest BCUT2D eigenvalue weighted by atomic mass is 19.4. The van der Waals surface area contributed by atoms with E-state index in [2.05, 4.69) is 16.0 Å². The number of ether oxygens (including phenoxy) is 2. The average molecular weight is 431 g/mol. The number of rotatable bonds is 9. The Balaban J connectivity index is 2.09. The second-order valence-corrected chi connectivity index (χ2v) is 7.43. The predicted molar refractivity (Wildman–Crippen MR) is 105 cm³/mol. The van der Waals surface area contributed by atoms with Crippen molar-refractivity contribution in [1.29, 1.82) is 0 Å². The van der Waals surface area contributed by atoms with Gasteiger partial charge in [-0.3, -0.25) is 9.59 Å². The topological polar surface area (TPSA) is 88.7 Å². The first-order chi connectivity index (χ1) is 14.1. The molecular weight excluding hydrogens is 403 g/mol. The summed E-state index contributed by atoms with van der Waals surface area (Å²) in [5.41, 5.74) is 0.00262. The Morgan fingerprint density at radius 2 is 2.00 bits per heavy atom. The van der Waals surface area contributed by atoms with Crippen LogP contribution in [0.1, 0.15) is 43.5 Å². The summed E-state index contributed by atoms with van der Waals surface area (Å²) in [7, 11) is 0. The number of amides is 2. The molecule has 1 atom stereocenters. The Labute approximate surface area is 173 Å². The van der Waals surface area contributed by atoms with Gasteiger partial charge in [-0.2, -0.15) is 13.2 Å². The fourth-order valence-corrected chi connectivity index (χ4v) is 2.98. The van der Waals surface area contributed by atoms with Crippen LogP contribution in [-0.2, 0) is 4.79 Å². The Bertz CT molecular complexity index is 720. The molecule has 1 aliphatic rings. The van der Waals surface area contributed by atoms with Gasteiger partial charge in [-0.25, -0.2) is 0 Å². The molecule has 2 rings (SSSR count). The Hall–Kier alpha value is -2.49. The molecule has 7 nitrogen and oxygen atoms in total. The van der Waals surface area contributed by atoms with E-state index in [0.29, 0.717) is 6.54 Å². The zero-order valence-corrected chi connectivity index (χ0v) is 17.1. The molecule has 3 N–H and O–H groups in total. The number of piperidine rings is 1. The fraction of sp³-hybridized carbons (Fsp3) is 0.600. The highest BCUT2D eigenvalue weighted by Gasteiger charge is 2.28. The summed E-state index contributed by atoms with van der Waals surface area (Å²) in [5.74, 6) is -0.922. The quantitative estimate of drug-likeness (QED) is 0.559. The molecule has 1 saturated heterocycles. The van der Waals surface area contributed by atoms with Crippen LogP contribution in [0, 0.1) is 0 Å². The van der Waals surface area contributed by atoms with Crippen molar-refractivity contribution in [3.8, 4) is 11.5 Å². The summed E-state index contributed by atoms with van der Waals surface area (Å²) < 4.78 is 47.5. The van der Waals surface area contributed by atoms with Crippen molar-refractivity contribution in [3.05, 3.63) is 23.8 Å². The molecule has 0 radical (unpaired) electrons. The molecule has 1 aromatic rings. The summed E-state index contributed by atoms with van der Waals surface area (Å²) >= 11 is 0. The van der Waals surface area contributed by atoms with Gasteiger partial charge >= 0.3 is 6.18 Å². The van der Waals surface area contributed by atoms with Crippen LogP contribution < -0.4 is 25.4 Å². The molecule has 168 valence electrons. The molecule has 30 heavy (non-hydrogen) atoms. The largest absolute Gasteiger partial charge is 0.484 e. The standard InChI is InChI=1S/C20H28F3N3O4/c1-13(2)26-18(27)11-29-17-7-6-15(30-12-20(21,22)23)9-16(17)19(28)25-10-14-5-3-4-8-24-14/h6-7,9,13-14,24H,3-5,8,10-12H2,1-2H3,(H,25,28)(H,26,27). The van der Waals surface area contributed by atoms with E-state index in [4.69, 9.17) is 9.47 Å². The maximum Gasteiger partial charge on any atom is 0.422 e. The van der Waals surface area contributed by atoms with E-state index in [-0.39, 0.29) is 41.7 Å². The first kappa shape index (κ1) is 23.8. The second-order valence-electron chi connectivity index (χ2n) is 7.43. The number of hydrogen-bond acceptors (Lipinski definition) is 5. The van der Waals surface area contributed by atoms with Crippen LogP contribution in [0.5, 0.6) is 11.5 Å². The molecule has 1 aromatic carbocycles. The predicted octanol–water partition coefficient (Wildman–Crippen LogP) is 2.40. The summed E-state index contributed by atoms with van der Waals surface area (Å²) in [5, 5.41) is 8.72. The number of carbonyl (C=O) groups is 2. The Morgan fingerprint density at radius 1 is 1.23 bits per heavy atom. The maximum atomic E-state index is 12.7. The third-order valence-corrected chi connectivity index (χ3v) is 4.33. The van der Waals surface area contributed by atoms with Crippen LogP contribution in [0.2, 0.25) is 0 Å². The molecule has 1 aliphatic heterocycles. The summed E-state index contributed by atoms with van der Waals surface area (Å²) in [6.45, 7) is 3.04. The SMILES string of the molecule is CC(C)NC(=O)COc1ccc(OCC(F)(F)F)cc1C(=O)NCC1CCCCN1. The van der Waals surface area contributed by atoms with E-state index in [1.165, 1.54) is 18.2 Å². The van der Waals surface area contributed by atoms with Gasteiger partial charge < -0.3 is 25.4 Å². The van der Waals surface area contributed by atoms with Crippen LogP contribution in [0.15, 0.2) is 18.2 Å². The fourth-order valence-electron chi connectivity index (χ4n) is 2.98. The number of carbonyl (C=O) groups excluding carboxylic acids is 2. The van der Waals surface area contributed by atoms with E-state index in [9.17, 15) is 22.8 Å². The van der Waals surface area contributed by atoms with Gasteiger partial charge in [-0.15, -0.1) is 0 Å². The van der Waals surface area contributed by atoms with E-state index in [1.807, 2.05) is 0 Å². The zero-order chi connectivity index (χ0) is 22.1. The zero-order valence-electron chi connectivity index (χ0n) is 17.1. The molecule has 1 heterocycles. The van der Waals surface area contributed by atoms with Crippen LogP contribution in [0.25, 0.3) is 0 Å². The van der Waals surface area contributed by atoms with Gasteiger partial charge in [-0.05, 0) is 51.4 Å². The van der Waals surface area contributed by atoms with Crippen molar-refractivity contribution in [3.63, 3.8) is 0 Å². The number of alkyl halides is 3. The van der Waals surface area contributed by atoms with Gasteiger partial charge in [0.2, 0.25) is 0 Å². The van der Waals surface area contributed by atoms with Crippen molar-refractivity contribution in [2.24, 2.45) is 0 Å². The normalized spacial score (nSPS) is 16.8. The summed E-state index contributed by atoms with van der Waals surface area (Å²) in [4.78, 5) is 24.5. The molecule has 0 aliphatic carbocycles. The minimum atomic E-state index is -4.50. The van der Waals surface area contributed by atoms with Gasteiger partial charge in [0, 0.05) is 18.6 Å². The molecule has 1 fully saturated rings. The highest BCUT2D eigenvalue weighted by molar-refractivity contribution is 5.97. The summed E-state index contributed by atoms with van der Waals surface area (Å²) in [6, 6.07) is 3.83. The van der Waals surface area contributed by atoms with Gasteiger partial charge in [0.25, 0.3) is 11.8 Å². The minimum absolute atomic E-state index is 0.00262. The van der Waals surface area contributed by atoms with E-state index in [1.54, 1.807) is 13.8 Å².